The highest BCUT2D eigenvalue weighted by molar-refractivity contribution is 5.98. The Morgan fingerprint density at radius 3 is 3.18 bits per heavy atom. The average molecular weight is 235 g/mol. The molecule has 0 radical (unpaired) electrons. The number of nitrogens with one attached hydrogen (secondary N) is 1. The second-order valence-corrected chi connectivity index (χ2v) is 4.30. The minimum atomic E-state index is -0.172. The summed E-state index contributed by atoms with van der Waals surface area (Å²) in [6, 6.07) is 1.62. The fraction of sp³-hybridized carbons (Fsp3) is 0.500. The number of nitrogens with two attached hydrogens (primary N) is 1. The van der Waals surface area contributed by atoms with Crippen molar-refractivity contribution in [1.29, 1.82) is 0 Å². The number of rotatable bonds is 3. The molecule has 1 aliphatic rings. The molecule has 2 atom stereocenters. The van der Waals surface area contributed by atoms with Crippen molar-refractivity contribution in [2.24, 2.45) is 5.92 Å². The predicted octanol–water partition coefficient (Wildman–Crippen LogP) is 0.819. The second-order valence-electron chi connectivity index (χ2n) is 4.30. The number of hydrogen-bond acceptors (Lipinski definition) is 4. The van der Waals surface area contributed by atoms with Crippen LogP contribution in [-0.4, -0.2) is 30.1 Å². The summed E-state index contributed by atoms with van der Waals surface area (Å²) < 4.78 is 5.44. The molecule has 1 saturated heterocycles. The standard InChI is InChI=1S/C12H17N3O2/c1-8-9(3-5-17-8)6-15-12(16)10-7-14-4-2-11(10)13/h2,4,7-9H,3,5-6H2,1H3,(H2,13,14)(H,15,16). The molecule has 0 bridgehead atoms. The van der Waals surface area contributed by atoms with Crippen LogP contribution in [0.2, 0.25) is 0 Å². The number of pyridine rings is 1. The van der Waals surface area contributed by atoms with E-state index >= 15 is 0 Å². The van der Waals surface area contributed by atoms with Crippen molar-refractivity contribution >= 4 is 11.6 Å². The highest BCUT2D eigenvalue weighted by Gasteiger charge is 2.24. The molecule has 92 valence electrons. The zero-order valence-corrected chi connectivity index (χ0v) is 9.85. The molecular formula is C12H17N3O2. The van der Waals surface area contributed by atoms with Crippen LogP contribution in [0.1, 0.15) is 23.7 Å². The molecular weight excluding hydrogens is 218 g/mol. The van der Waals surface area contributed by atoms with Gasteiger partial charge in [0.15, 0.2) is 0 Å². The number of amides is 1. The Morgan fingerprint density at radius 1 is 1.71 bits per heavy atom. The molecule has 1 aromatic rings. The maximum Gasteiger partial charge on any atom is 0.254 e. The number of aromatic nitrogens is 1. The van der Waals surface area contributed by atoms with E-state index in [4.69, 9.17) is 10.5 Å². The molecule has 17 heavy (non-hydrogen) atoms. The van der Waals surface area contributed by atoms with E-state index in [2.05, 4.69) is 10.3 Å². The topological polar surface area (TPSA) is 77.2 Å². The summed E-state index contributed by atoms with van der Waals surface area (Å²) in [7, 11) is 0. The predicted molar refractivity (Wildman–Crippen MR) is 64.5 cm³/mol. The third-order valence-corrected chi connectivity index (χ3v) is 3.16. The van der Waals surface area contributed by atoms with Crippen LogP contribution in [0, 0.1) is 5.92 Å². The molecule has 1 amide bonds. The molecule has 2 heterocycles. The first-order chi connectivity index (χ1) is 8.18. The monoisotopic (exact) mass is 235 g/mol. The number of nitrogens with zero attached hydrogens (tertiary/aromatic N) is 1. The van der Waals surface area contributed by atoms with Crippen molar-refractivity contribution < 1.29 is 9.53 Å². The van der Waals surface area contributed by atoms with Crippen LogP contribution in [0.25, 0.3) is 0 Å². The van der Waals surface area contributed by atoms with Gasteiger partial charge in [0.1, 0.15) is 0 Å². The van der Waals surface area contributed by atoms with Gasteiger partial charge >= 0.3 is 0 Å². The number of ether oxygens (including phenoxy) is 1. The Bertz CT molecular complexity index is 408. The van der Waals surface area contributed by atoms with Crippen LogP contribution in [0.3, 0.4) is 0 Å². The number of hydrogen-bond donors (Lipinski definition) is 2. The van der Waals surface area contributed by atoms with Gasteiger partial charge in [0.25, 0.3) is 5.91 Å². The van der Waals surface area contributed by atoms with Crippen molar-refractivity contribution in [3.05, 3.63) is 24.0 Å². The SMILES string of the molecule is CC1OCCC1CNC(=O)c1cnccc1N. The van der Waals surface area contributed by atoms with Crippen molar-refractivity contribution in [3.8, 4) is 0 Å². The van der Waals surface area contributed by atoms with Crippen LogP contribution in [0.5, 0.6) is 0 Å². The van der Waals surface area contributed by atoms with Gasteiger partial charge in [-0.3, -0.25) is 9.78 Å². The van der Waals surface area contributed by atoms with E-state index in [1.165, 1.54) is 6.20 Å². The summed E-state index contributed by atoms with van der Waals surface area (Å²) in [5.74, 6) is 0.214. The fourth-order valence-electron chi connectivity index (χ4n) is 1.96. The van der Waals surface area contributed by atoms with Crippen LogP contribution in [-0.2, 0) is 4.74 Å². The van der Waals surface area contributed by atoms with Gasteiger partial charge < -0.3 is 15.8 Å². The molecule has 1 fully saturated rings. The Balaban J connectivity index is 1.91. The Kier molecular flexibility index (Phi) is 3.58. The number of carbonyl (C=O) groups excluding carboxylic acids is 1. The normalized spacial score (nSPS) is 23.6. The quantitative estimate of drug-likeness (QED) is 0.813. The molecule has 0 spiro atoms. The molecule has 2 rings (SSSR count). The summed E-state index contributed by atoms with van der Waals surface area (Å²) in [6.07, 6.45) is 4.25. The largest absolute Gasteiger partial charge is 0.398 e. The summed E-state index contributed by atoms with van der Waals surface area (Å²) in [6.45, 7) is 3.42. The third-order valence-electron chi connectivity index (χ3n) is 3.16. The number of anilines is 1. The van der Waals surface area contributed by atoms with Crippen LogP contribution >= 0.6 is 0 Å². The third kappa shape index (κ3) is 2.74. The van der Waals surface area contributed by atoms with E-state index in [-0.39, 0.29) is 12.0 Å². The van der Waals surface area contributed by atoms with Crippen molar-refractivity contribution in [3.63, 3.8) is 0 Å². The molecule has 1 aromatic heterocycles. The van der Waals surface area contributed by atoms with Gasteiger partial charge in [-0.2, -0.15) is 0 Å². The zero-order valence-electron chi connectivity index (χ0n) is 9.85. The number of nitrogen functional groups attached to an aromatic ring is 1. The lowest BCUT2D eigenvalue weighted by molar-refractivity contribution is 0.0908. The van der Waals surface area contributed by atoms with E-state index in [1.807, 2.05) is 6.92 Å². The summed E-state index contributed by atoms with van der Waals surface area (Å²) in [5.41, 5.74) is 6.59. The van der Waals surface area contributed by atoms with Gasteiger partial charge in [0.2, 0.25) is 0 Å². The van der Waals surface area contributed by atoms with Crippen LogP contribution in [0.15, 0.2) is 18.5 Å². The number of carbonyl (C=O) groups is 1. The lowest BCUT2D eigenvalue weighted by Crippen LogP contribution is -2.32. The molecule has 1 aliphatic heterocycles. The van der Waals surface area contributed by atoms with Crippen LogP contribution in [0.4, 0.5) is 5.69 Å². The van der Waals surface area contributed by atoms with Crippen molar-refractivity contribution in [1.82, 2.24) is 10.3 Å². The fourth-order valence-corrected chi connectivity index (χ4v) is 1.96. The van der Waals surface area contributed by atoms with E-state index in [0.717, 1.165) is 13.0 Å². The van der Waals surface area contributed by atoms with Crippen molar-refractivity contribution in [2.45, 2.75) is 19.4 Å². The summed E-state index contributed by atoms with van der Waals surface area (Å²) in [4.78, 5) is 15.8. The molecule has 0 aliphatic carbocycles. The zero-order chi connectivity index (χ0) is 12.3. The lowest BCUT2D eigenvalue weighted by Gasteiger charge is -2.15. The molecule has 5 heteroatoms. The highest BCUT2D eigenvalue weighted by atomic mass is 16.5. The van der Waals surface area contributed by atoms with Gasteiger partial charge in [-0.25, -0.2) is 0 Å². The molecule has 5 nitrogen and oxygen atoms in total. The van der Waals surface area contributed by atoms with Crippen LogP contribution < -0.4 is 11.1 Å². The van der Waals surface area contributed by atoms with Gasteiger partial charge in [-0.1, -0.05) is 0 Å². The van der Waals surface area contributed by atoms with E-state index in [1.54, 1.807) is 12.3 Å². The molecule has 2 unspecified atom stereocenters. The Labute approximate surface area is 100 Å². The van der Waals surface area contributed by atoms with E-state index < -0.39 is 0 Å². The minimum Gasteiger partial charge on any atom is -0.398 e. The maximum atomic E-state index is 11.9. The van der Waals surface area contributed by atoms with E-state index in [0.29, 0.717) is 23.7 Å². The molecule has 0 saturated carbocycles. The Hall–Kier alpha value is -1.62. The van der Waals surface area contributed by atoms with Gasteiger partial charge in [-0.15, -0.1) is 0 Å². The molecule has 0 aromatic carbocycles. The van der Waals surface area contributed by atoms with Gasteiger partial charge in [0.05, 0.1) is 11.7 Å². The second kappa shape index (κ2) is 5.14. The summed E-state index contributed by atoms with van der Waals surface area (Å²) >= 11 is 0. The first kappa shape index (κ1) is 11.9. The average Bonchev–Trinajstić information content (AvgIpc) is 2.72. The van der Waals surface area contributed by atoms with E-state index in [9.17, 15) is 4.79 Å². The molecule has 3 N–H and O–H groups in total. The highest BCUT2D eigenvalue weighted by Crippen LogP contribution is 2.19. The van der Waals surface area contributed by atoms with Gasteiger partial charge in [-0.05, 0) is 19.4 Å². The minimum absolute atomic E-state index is 0.172. The van der Waals surface area contributed by atoms with Gasteiger partial charge in [0, 0.05) is 37.2 Å². The first-order valence-corrected chi connectivity index (χ1v) is 5.77. The first-order valence-electron chi connectivity index (χ1n) is 5.77. The lowest BCUT2D eigenvalue weighted by atomic mass is 10.0. The maximum absolute atomic E-state index is 11.9. The van der Waals surface area contributed by atoms with Crippen molar-refractivity contribution in [2.75, 3.05) is 18.9 Å². The smallest absolute Gasteiger partial charge is 0.254 e. The summed E-state index contributed by atoms with van der Waals surface area (Å²) in [5, 5.41) is 2.87. The Morgan fingerprint density at radius 2 is 2.53 bits per heavy atom.